The second kappa shape index (κ2) is 9.16. The number of rotatable bonds is 7. The lowest BCUT2D eigenvalue weighted by atomic mass is 10.1. The van der Waals surface area contributed by atoms with E-state index in [1.807, 2.05) is 0 Å². The van der Waals surface area contributed by atoms with Gasteiger partial charge in [0.25, 0.3) is 5.91 Å². The van der Waals surface area contributed by atoms with Crippen LogP contribution in [0.4, 0.5) is 18.9 Å². The zero-order valence-electron chi connectivity index (χ0n) is 15.3. The van der Waals surface area contributed by atoms with Crippen LogP contribution in [0.15, 0.2) is 53.2 Å². The molecule has 0 aliphatic heterocycles. The van der Waals surface area contributed by atoms with Crippen molar-refractivity contribution in [3.63, 3.8) is 0 Å². The molecule has 0 bridgehead atoms. The van der Waals surface area contributed by atoms with E-state index in [2.05, 4.69) is 20.4 Å². The molecule has 2 aromatic heterocycles. The number of hydrogen-bond acceptors (Lipinski definition) is 7. The highest BCUT2D eigenvalue weighted by Gasteiger charge is 2.33. The molecule has 8 nitrogen and oxygen atoms in total. The van der Waals surface area contributed by atoms with Gasteiger partial charge in [-0.2, -0.15) is 18.2 Å². The number of hydrogen-bond donors (Lipinski definition) is 1. The summed E-state index contributed by atoms with van der Waals surface area (Å²) in [6, 6.07) is 9.68. The Hall–Kier alpha value is -3.76. The molecule has 156 valence electrons. The molecule has 11 heteroatoms. The molecule has 0 fully saturated rings. The normalized spacial score (nSPS) is 11.2. The monoisotopic (exact) mass is 420 g/mol. The van der Waals surface area contributed by atoms with E-state index >= 15 is 0 Å². The van der Waals surface area contributed by atoms with Gasteiger partial charge in [-0.3, -0.25) is 14.6 Å². The number of nitrogens with one attached hydrogen (secondary N) is 1. The van der Waals surface area contributed by atoms with Gasteiger partial charge in [-0.1, -0.05) is 23.4 Å². The lowest BCUT2D eigenvalue weighted by Gasteiger charge is -2.13. The van der Waals surface area contributed by atoms with E-state index in [-0.39, 0.29) is 24.6 Å². The maximum atomic E-state index is 12.9. The zero-order chi connectivity index (χ0) is 21.6. The summed E-state index contributed by atoms with van der Waals surface area (Å²) in [5.74, 6) is -1.19. The van der Waals surface area contributed by atoms with E-state index in [0.717, 1.165) is 12.1 Å². The highest BCUT2D eigenvalue weighted by atomic mass is 19.4. The van der Waals surface area contributed by atoms with Crippen molar-refractivity contribution in [3.8, 4) is 11.5 Å². The van der Waals surface area contributed by atoms with Gasteiger partial charge < -0.3 is 14.6 Å². The first-order valence-electron chi connectivity index (χ1n) is 8.68. The Morgan fingerprint density at radius 2 is 1.87 bits per heavy atom. The Kier molecular flexibility index (Phi) is 6.40. The van der Waals surface area contributed by atoms with Crippen molar-refractivity contribution < 1.29 is 32.0 Å². The van der Waals surface area contributed by atoms with Crippen LogP contribution in [0.2, 0.25) is 0 Å². The van der Waals surface area contributed by atoms with Crippen LogP contribution in [0.5, 0.6) is 0 Å². The van der Waals surface area contributed by atoms with Crippen LogP contribution in [-0.4, -0.2) is 33.6 Å². The number of carbonyl (C=O) groups is 2. The predicted octanol–water partition coefficient (Wildman–Crippen LogP) is 3.26. The van der Waals surface area contributed by atoms with Gasteiger partial charge in [-0.05, 0) is 24.3 Å². The second-order valence-corrected chi connectivity index (χ2v) is 5.98. The quantitative estimate of drug-likeness (QED) is 0.585. The number of nitrogens with zero attached hydrogens (tertiary/aromatic N) is 3. The number of para-hydroxylation sites is 1. The molecule has 1 aromatic carbocycles. The smallest absolute Gasteiger partial charge is 0.418 e. The summed E-state index contributed by atoms with van der Waals surface area (Å²) in [4.78, 5) is 31.8. The maximum absolute atomic E-state index is 12.9. The van der Waals surface area contributed by atoms with Crippen molar-refractivity contribution in [1.82, 2.24) is 15.1 Å². The topological polar surface area (TPSA) is 107 Å². The molecule has 3 rings (SSSR count). The SMILES string of the molecule is O=C(COC(=O)CCc1nc(-c2ccccn2)no1)Nc1ccccc1C(F)(F)F. The molecule has 1 amide bonds. The Bertz CT molecular complexity index is 1020. The van der Waals surface area contributed by atoms with Crippen molar-refractivity contribution >= 4 is 17.6 Å². The van der Waals surface area contributed by atoms with E-state index in [1.54, 1.807) is 24.4 Å². The van der Waals surface area contributed by atoms with E-state index in [9.17, 15) is 22.8 Å². The first-order chi connectivity index (χ1) is 14.3. The Morgan fingerprint density at radius 3 is 2.60 bits per heavy atom. The van der Waals surface area contributed by atoms with Gasteiger partial charge >= 0.3 is 12.1 Å². The molecule has 0 saturated carbocycles. The van der Waals surface area contributed by atoms with Gasteiger partial charge in [0.1, 0.15) is 5.69 Å². The third-order valence-electron chi connectivity index (χ3n) is 3.78. The van der Waals surface area contributed by atoms with Gasteiger partial charge in [-0.25, -0.2) is 0 Å². The van der Waals surface area contributed by atoms with Gasteiger partial charge in [0.05, 0.1) is 17.7 Å². The third kappa shape index (κ3) is 5.63. The number of aromatic nitrogens is 3. The van der Waals surface area contributed by atoms with Crippen LogP contribution < -0.4 is 5.32 Å². The Morgan fingerprint density at radius 1 is 1.10 bits per heavy atom. The number of pyridine rings is 1. The highest BCUT2D eigenvalue weighted by molar-refractivity contribution is 5.93. The molecule has 3 aromatic rings. The Balaban J connectivity index is 1.46. The number of ether oxygens (including phenoxy) is 1. The molecular formula is C19H15F3N4O4. The van der Waals surface area contributed by atoms with E-state index < -0.39 is 35.9 Å². The van der Waals surface area contributed by atoms with Crippen LogP contribution in [-0.2, 0) is 26.9 Å². The van der Waals surface area contributed by atoms with E-state index in [1.165, 1.54) is 12.1 Å². The van der Waals surface area contributed by atoms with Crippen LogP contribution in [0.3, 0.4) is 0 Å². The fourth-order valence-corrected chi connectivity index (χ4v) is 2.41. The number of aryl methyl sites for hydroxylation is 1. The van der Waals surface area contributed by atoms with Crippen molar-refractivity contribution in [2.24, 2.45) is 0 Å². The summed E-state index contributed by atoms with van der Waals surface area (Å²) in [6.45, 7) is -0.728. The highest BCUT2D eigenvalue weighted by Crippen LogP contribution is 2.34. The van der Waals surface area contributed by atoms with Crippen LogP contribution >= 0.6 is 0 Å². The zero-order valence-corrected chi connectivity index (χ0v) is 15.3. The summed E-state index contributed by atoms with van der Waals surface area (Å²) in [7, 11) is 0. The first kappa shape index (κ1) is 21.0. The lowest BCUT2D eigenvalue weighted by Crippen LogP contribution is -2.22. The van der Waals surface area contributed by atoms with E-state index in [4.69, 9.17) is 9.26 Å². The number of alkyl halides is 3. The largest absolute Gasteiger partial charge is 0.456 e. The van der Waals surface area contributed by atoms with Crippen molar-refractivity contribution in [1.29, 1.82) is 0 Å². The fraction of sp³-hybridized carbons (Fsp3) is 0.211. The summed E-state index contributed by atoms with van der Waals surface area (Å²) in [5, 5.41) is 5.84. The molecule has 1 N–H and O–H groups in total. The molecule has 2 heterocycles. The van der Waals surface area contributed by atoms with Crippen molar-refractivity contribution in [3.05, 3.63) is 60.1 Å². The van der Waals surface area contributed by atoms with Gasteiger partial charge in [0.15, 0.2) is 6.61 Å². The standard InChI is InChI=1S/C19H15F3N4O4/c20-19(21,22)12-5-1-2-6-13(12)24-15(27)11-29-17(28)9-8-16-25-18(26-30-16)14-7-3-4-10-23-14/h1-7,10H,8-9,11H2,(H,24,27). The molecule has 0 aliphatic carbocycles. The van der Waals surface area contributed by atoms with Crippen LogP contribution in [0.1, 0.15) is 17.9 Å². The second-order valence-electron chi connectivity index (χ2n) is 5.98. The predicted molar refractivity (Wildman–Crippen MR) is 96.9 cm³/mol. The van der Waals surface area contributed by atoms with Crippen molar-refractivity contribution in [2.45, 2.75) is 19.0 Å². The fourth-order valence-electron chi connectivity index (χ4n) is 2.41. The molecule has 0 spiro atoms. The Labute approximate surface area is 168 Å². The van der Waals surface area contributed by atoms with Gasteiger partial charge in [0.2, 0.25) is 11.7 Å². The average Bonchev–Trinajstić information content (AvgIpc) is 3.20. The van der Waals surface area contributed by atoms with Crippen LogP contribution in [0, 0.1) is 0 Å². The van der Waals surface area contributed by atoms with Crippen LogP contribution in [0.25, 0.3) is 11.5 Å². The maximum Gasteiger partial charge on any atom is 0.418 e. The molecule has 0 unspecified atom stereocenters. The van der Waals surface area contributed by atoms with E-state index in [0.29, 0.717) is 5.69 Å². The minimum absolute atomic E-state index is 0.0667. The molecule has 0 saturated heterocycles. The summed E-state index contributed by atoms with van der Waals surface area (Å²) < 4.78 is 48.6. The summed E-state index contributed by atoms with van der Waals surface area (Å²) in [5.41, 5.74) is -0.908. The van der Waals surface area contributed by atoms with Crippen molar-refractivity contribution in [2.75, 3.05) is 11.9 Å². The number of benzene rings is 1. The molecule has 0 atom stereocenters. The molecule has 30 heavy (non-hydrogen) atoms. The van der Waals surface area contributed by atoms with Gasteiger partial charge in [-0.15, -0.1) is 0 Å². The molecule has 0 radical (unpaired) electrons. The third-order valence-corrected chi connectivity index (χ3v) is 3.78. The minimum Gasteiger partial charge on any atom is -0.456 e. The number of carbonyl (C=O) groups excluding carboxylic acids is 2. The first-order valence-corrected chi connectivity index (χ1v) is 8.68. The lowest BCUT2D eigenvalue weighted by molar-refractivity contribution is -0.147. The average molecular weight is 420 g/mol. The van der Waals surface area contributed by atoms with Gasteiger partial charge in [0, 0.05) is 12.6 Å². The number of anilines is 1. The summed E-state index contributed by atoms with van der Waals surface area (Å²) in [6.07, 6.45) is -3.15. The summed E-state index contributed by atoms with van der Waals surface area (Å²) >= 11 is 0. The number of esters is 1. The minimum atomic E-state index is -4.63. The number of halogens is 3. The molecular weight excluding hydrogens is 405 g/mol. The number of amides is 1. The molecule has 0 aliphatic rings.